The van der Waals surface area contributed by atoms with Gasteiger partial charge in [-0.25, -0.2) is 0 Å². The summed E-state index contributed by atoms with van der Waals surface area (Å²) >= 11 is 0. The minimum absolute atomic E-state index is 0.134. The number of nitrogens with one attached hydrogen (secondary N) is 2. The highest BCUT2D eigenvalue weighted by Crippen LogP contribution is 2.15. The number of hydrogen-bond acceptors (Lipinski definition) is 4. The van der Waals surface area contributed by atoms with Gasteiger partial charge in [-0.05, 0) is 42.9 Å². The highest BCUT2D eigenvalue weighted by Gasteiger charge is 2.17. The summed E-state index contributed by atoms with van der Waals surface area (Å²) in [5.41, 5.74) is 2.79. The summed E-state index contributed by atoms with van der Waals surface area (Å²) in [7, 11) is 1.73. The van der Waals surface area contributed by atoms with E-state index in [1.165, 1.54) is 6.42 Å². The third-order valence-corrected chi connectivity index (χ3v) is 5.13. The van der Waals surface area contributed by atoms with Crippen molar-refractivity contribution in [3.8, 4) is 0 Å². The molecule has 0 unspecified atom stereocenters. The molecule has 1 amide bonds. The van der Waals surface area contributed by atoms with Crippen LogP contribution in [0.5, 0.6) is 0 Å². The van der Waals surface area contributed by atoms with Crippen LogP contribution in [0.3, 0.4) is 0 Å². The van der Waals surface area contributed by atoms with Gasteiger partial charge in [-0.15, -0.1) is 0 Å². The van der Waals surface area contributed by atoms with E-state index in [1.54, 1.807) is 7.05 Å². The number of rotatable bonds is 6. The molecule has 1 fully saturated rings. The van der Waals surface area contributed by atoms with Gasteiger partial charge in [0, 0.05) is 38.3 Å². The summed E-state index contributed by atoms with van der Waals surface area (Å²) in [6, 6.07) is 9.76. The summed E-state index contributed by atoms with van der Waals surface area (Å²) in [6.45, 7) is 7.04. The molecule has 0 atom stereocenters. The molecular weight excluding hydrogens is 366 g/mol. The standard InChI is InChI=1S/C22H31N5O2/c1-16(2)20-13-19(29-26-20)15-25-22(23-3)24-14-17-7-9-18(10-8-17)21(28)27-11-5-4-6-12-27/h7-10,13,16H,4-6,11-12,14-15H2,1-3H3,(H2,23,24,25). The number of piperidine rings is 1. The van der Waals surface area contributed by atoms with Crippen LogP contribution in [0.4, 0.5) is 0 Å². The van der Waals surface area contributed by atoms with Crippen molar-refractivity contribution in [1.29, 1.82) is 0 Å². The van der Waals surface area contributed by atoms with Crippen LogP contribution in [0.15, 0.2) is 39.8 Å². The highest BCUT2D eigenvalue weighted by molar-refractivity contribution is 5.94. The second kappa shape index (κ2) is 10.1. The zero-order chi connectivity index (χ0) is 20.6. The van der Waals surface area contributed by atoms with Crippen LogP contribution in [0, 0.1) is 0 Å². The molecule has 1 aliphatic rings. The van der Waals surface area contributed by atoms with E-state index < -0.39 is 0 Å². The van der Waals surface area contributed by atoms with Crippen molar-refractivity contribution in [2.75, 3.05) is 20.1 Å². The van der Waals surface area contributed by atoms with Gasteiger partial charge in [0.1, 0.15) is 0 Å². The molecule has 0 aliphatic carbocycles. The van der Waals surface area contributed by atoms with E-state index in [4.69, 9.17) is 4.52 Å². The van der Waals surface area contributed by atoms with Gasteiger partial charge >= 0.3 is 0 Å². The van der Waals surface area contributed by atoms with Gasteiger partial charge in [0.05, 0.1) is 12.2 Å². The molecule has 2 heterocycles. The zero-order valence-corrected chi connectivity index (χ0v) is 17.6. The molecule has 0 saturated carbocycles. The van der Waals surface area contributed by atoms with Gasteiger partial charge in [-0.1, -0.05) is 31.1 Å². The van der Waals surface area contributed by atoms with Crippen molar-refractivity contribution in [3.63, 3.8) is 0 Å². The third-order valence-electron chi connectivity index (χ3n) is 5.13. The van der Waals surface area contributed by atoms with Gasteiger partial charge < -0.3 is 20.1 Å². The molecule has 7 nitrogen and oxygen atoms in total. The number of carbonyl (C=O) groups excluding carboxylic acids is 1. The van der Waals surface area contributed by atoms with Gasteiger partial charge in [0.15, 0.2) is 11.7 Å². The second-order valence-electron chi connectivity index (χ2n) is 7.70. The number of aliphatic imine (C=N–C) groups is 1. The van der Waals surface area contributed by atoms with Crippen LogP contribution in [-0.2, 0) is 13.1 Å². The average Bonchev–Trinajstić information content (AvgIpc) is 3.24. The molecule has 1 aromatic heterocycles. The van der Waals surface area contributed by atoms with Crippen molar-refractivity contribution in [3.05, 3.63) is 52.9 Å². The molecule has 3 rings (SSSR count). The Balaban J connectivity index is 1.48. The van der Waals surface area contributed by atoms with Crippen LogP contribution in [0.1, 0.15) is 66.4 Å². The molecule has 2 aromatic rings. The van der Waals surface area contributed by atoms with Gasteiger partial charge in [0.2, 0.25) is 0 Å². The Morgan fingerprint density at radius 1 is 1.14 bits per heavy atom. The normalized spacial score (nSPS) is 14.9. The lowest BCUT2D eigenvalue weighted by atomic mass is 10.1. The van der Waals surface area contributed by atoms with Gasteiger partial charge in [-0.2, -0.15) is 0 Å². The van der Waals surface area contributed by atoms with E-state index in [9.17, 15) is 4.79 Å². The van der Waals surface area contributed by atoms with E-state index in [0.717, 1.165) is 48.5 Å². The number of benzene rings is 1. The Kier molecular flexibility index (Phi) is 7.27. The van der Waals surface area contributed by atoms with E-state index >= 15 is 0 Å². The smallest absolute Gasteiger partial charge is 0.253 e. The Morgan fingerprint density at radius 2 is 1.83 bits per heavy atom. The summed E-state index contributed by atoms with van der Waals surface area (Å²) in [6.07, 6.45) is 3.43. The predicted octanol–water partition coefficient (Wildman–Crippen LogP) is 3.29. The average molecular weight is 398 g/mol. The molecular formula is C22H31N5O2. The molecule has 7 heteroatoms. The van der Waals surface area contributed by atoms with E-state index in [1.807, 2.05) is 35.2 Å². The maximum Gasteiger partial charge on any atom is 0.253 e. The van der Waals surface area contributed by atoms with Crippen LogP contribution < -0.4 is 10.6 Å². The van der Waals surface area contributed by atoms with Crippen molar-refractivity contribution in [2.24, 2.45) is 4.99 Å². The fourth-order valence-electron chi connectivity index (χ4n) is 3.31. The number of aromatic nitrogens is 1. The summed E-state index contributed by atoms with van der Waals surface area (Å²) in [5.74, 6) is 1.93. The Bertz CT molecular complexity index is 820. The molecule has 1 aromatic carbocycles. The van der Waals surface area contributed by atoms with Crippen molar-refractivity contribution < 1.29 is 9.32 Å². The molecule has 0 spiro atoms. The van der Waals surface area contributed by atoms with Gasteiger partial charge in [0.25, 0.3) is 5.91 Å². The van der Waals surface area contributed by atoms with Crippen LogP contribution in [-0.4, -0.2) is 42.1 Å². The topological polar surface area (TPSA) is 82.8 Å². The van der Waals surface area contributed by atoms with E-state index in [0.29, 0.717) is 25.0 Å². The molecule has 0 bridgehead atoms. The number of carbonyl (C=O) groups is 1. The first kappa shape index (κ1) is 20.9. The second-order valence-corrected chi connectivity index (χ2v) is 7.70. The molecule has 156 valence electrons. The lowest BCUT2D eigenvalue weighted by molar-refractivity contribution is 0.0724. The first-order valence-corrected chi connectivity index (χ1v) is 10.3. The Morgan fingerprint density at radius 3 is 2.45 bits per heavy atom. The summed E-state index contributed by atoms with van der Waals surface area (Å²) < 4.78 is 5.34. The lowest BCUT2D eigenvalue weighted by Crippen LogP contribution is -2.36. The minimum Gasteiger partial charge on any atom is -0.359 e. The molecule has 2 N–H and O–H groups in total. The third kappa shape index (κ3) is 5.82. The minimum atomic E-state index is 0.134. The van der Waals surface area contributed by atoms with Crippen LogP contribution in [0.2, 0.25) is 0 Å². The zero-order valence-electron chi connectivity index (χ0n) is 17.6. The first-order valence-electron chi connectivity index (χ1n) is 10.3. The largest absolute Gasteiger partial charge is 0.359 e. The lowest BCUT2D eigenvalue weighted by Gasteiger charge is -2.26. The monoisotopic (exact) mass is 397 g/mol. The SMILES string of the molecule is CN=C(NCc1ccc(C(=O)N2CCCCC2)cc1)NCc1cc(C(C)C)no1. The maximum absolute atomic E-state index is 12.6. The number of hydrogen-bond donors (Lipinski definition) is 2. The fourth-order valence-corrected chi connectivity index (χ4v) is 3.31. The fraction of sp³-hybridized carbons (Fsp3) is 0.500. The Labute approximate surface area is 172 Å². The molecule has 1 aliphatic heterocycles. The van der Waals surface area contributed by atoms with Gasteiger partial charge in [-0.3, -0.25) is 9.79 Å². The number of likely N-dealkylation sites (tertiary alicyclic amines) is 1. The van der Waals surface area contributed by atoms with E-state index in [-0.39, 0.29) is 5.91 Å². The predicted molar refractivity (Wildman–Crippen MR) is 114 cm³/mol. The first-order chi connectivity index (χ1) is 14.1. The molecule has 0 radical (unpaired) electrons. The van der Waals surface area contributed by atoms with Crippen molar-refractivity contribution in [1.82, 2.24) is 20.7 Å². The number of amides is 1. The molecule has 29 heavy (non-hydrogen) atoms. The van der Waals surface area contributed by atoms with Crippen LogP contribution in [0.25, 0.3) is 0 Å². The highest BCUT2D eigenvalue weighted by atomic mass is 16.5. The van der Waals surface area contributed by atoms with Crippen molar-refractivity contribution in [2.45, 2.75) is 52.1 Å². The van der Waals surface area contributed by atoms with E-state index in [2.05, 4.69) is 34.6 Å². The number of nitrogens with zero attached hydrogens (tertiary/aromatic N) is 3. The summed E-state index contributed by atoms with van der Waals surface area (Å²) in [4.78, 5) is 18.7. The molecule has 1 saturated heterocycles. The van der Waals surface area contributed by atoms with Crippen molar-refractivity contribution >= 4 is 11.9 Å². The quantitative estimate of drug-likeness (QED) is 0.577. The maximum atomic E-state index is 12.6. The summed E-state index contributed by atoms with van der Waals surface area (Å²) in [5, 5.41) is 10.6. The van der Waals surface area contributed by atoms with Crippen LogP contribution >= 0.6 is 0 Å². The number of guanidine groups is 1. The Hall–Kier alpha value is -2.83.